The third kappa shape index (κ3) is 3.46. The van der Waals surface area contributed by atoms with Gasteiger partial charge in [-0.05, 0) is 0 Å². The first kappa shape index (κ1) is 13.0. The smallest absolute Gasteiger partial charge is 0.276 e. The largest absolute Gasteiger partial charge is 0.391 e. The molecule has 3 N–H and O–H groups in total. The highest BCUT2D eigenvalue weighted by atomic mass is 16.5. The van der Waals surface area contributed by atoms with Crippen molar-refractivity contribution in [2.24, 2.45) is 0 Å². The summed E-state index contributed by atoms with van der Waals surface area (Å²) >= 11 is 0. The molecule has 0 saturated carbocycles. The molecule has 0 radical (unpaired) electrons. The van der Waals surface area contributed by atoms with Gasteiger partial charge >= 0.3 is 0 Å². The van der Waals surface area contributed by atoms with Crippen LogP contribution < -0.4 is 16.2 Å². The maximum absolute atomic E-state index is 11.3. The van der Waals surface area contributed by atoms with Crippen LogP contribution in [0.25, 0.3) is 0 Å². The van der Waals surface area contributed by atoms with Crippen molar-refractivity contribution in [3.05, 3.63) is 16.7 Å². The van der Waals surface area contributed by atoms with Crippen molar-refractivity contribution in [2.45, 2.75) is 6.42 Å². The number of nitriles is 1. The first-order valence-electron chi connectivity index (χ1n) is 5.14. The summed E-state index contributed by atoms with van der Waals surface area (Å²) < 4.78 is 4.96. The van der Waals surface area contributed by atoms with Gasteiger partial charge in [-0.3, -0.25) is 4.79 Å². The highest BCUT2D eigenvalue weighted by Gasteiger charge is 2.12. The van der Waals surface area contributed by atoms with Crippen molar-refractivity contribution >= 4 is 11.5 Å². The second-order valence-electron chi connectivity index (χ2n) is 3.36. The molecule has 1 aromatic rings. The van der Waals surface area contributed by atoms with Gasteiger partial charge in [-0.15, -0.1) is 0 Å². The van der Waals surface area contributed by atoms with E-state index in [2.05, 4.69) is 9.97 Å². The first-order chi connectivity index (χ1) is 8.20. The van der Waals surface area contributed by atoms with Gasteiger partial charge in [0.05, 0.1) is 25.4 Å². The molecule has 7 nitrogen and oxygen atoms in total. The minimum atomic E-state index is -0.380. The summed E-state index contributed by atoms with van der Waals surface area (Å²) in [5, 5.41) is 8.58. The molecular weight excluding hydrogens is 222 g/mol. The van der Waals surface area contributed by atoms with E-state index in [0.29, 0.717) is 31.9 Å². The van der Waals surface area contributed by atoms with E-state index in [-0.39, 0.29) is 11.2 Å². The fourth-order valence-corrected chi connectivity index (χ4v) is 1.36. The standard InChI is InChI=1S/C10H15N5O2/c1-17-6-5-15(4-2-3-11)9-8(12)10(16)14-7-13-9/h7H,2,4-6,12H2,1H3,(H,13,14,16). The number of nitrogens with two attached hydrogens (primary N) is 1. The van der Waals surface area contributed by atoms with E-state index < -0.39 is 0 Å². The number of rotatable bonds is 6. The van der Waals surface area contributed by atoms with Crippen LogP contribution in [0, 0.1) is 11.3 Å². The molecule has 0 aromatic carbocycles. The van der Waals surface area contributed by atoms with Crippen molar-refractivity contribution in [1.29, 1.82) is 5.26 Å². The molecule has 0 fully saturated rings. The molecule has 0 unspecified atom stereocenters. The zero-order valence-electron chi connectivity index (χ0n) is 9.64. The molecule has 0 atom stereocenters. The molecule has 0 aliphatic heterocycles. The Labute approximate surface area is 98.8 Å². The third-order valence-electron chi connectivity index (χ3n) is 2.23. The molecule has 0 bridgehead atoms. The lowest BCUT2D eigenvalue weighted by molar-refractivity contribution is 0.205. The Morgan fingerprint density at radius 2 is 2.41 bits per heavy atom. The maximum atomic E-state index is 11.3. The zero-order valence-corrected chi connectivity index (χ0v) is 9.64. The van der Waals surface area contributed by atoms with Crippen LogP contribution in [0.2, 0.25) is 0 Å². The Kier molecular flexibility index (Phi) is 4.97. The van der Waals surface area contributed by atoms with Gasteiger partial charge in [-0.25, -0.2) is 4.98 Å². The van der Waals surface area contributed by atoms with E-state index in [1.807, 2.05) is 6.07 Å². The fourth-order valence-electron chi connectivity index (χ4n) is 1.36. The van der Waals surface area contributed by atoms with Crippen molar-refractivity contribution in [2.75, 3.05) is 37.4 Å². The summed E-state index contributed by atoms with van der Waals surface area (Å²) in [5.74, 6) is 0.390. The van der Waals surface area contributed by atoms with E-state index in [0.717, 1.165) is 0 Å². The summed E-state index contributed by atoms with van der Waals surface area (Å²) in [6.45, 7) is 1.46. The molecule has 1 aromatic heterocycles. The predicted molar refractivity (Wildman–Crippen MR) is 63.6 cm³/mol. The summed E-state index contributed by atoms with van der Waals surface area (Å²) in [4.78, 5) is 19.5. The van der Waals surface area contributed by atoms with Crippen LogP contribution in [-0.2, 0) is 4.74 Å². The van der Waals surface area contributed by atoms with Gasteiger partial charge < -0.3 is 20.4 Å². The Morgan fingerprint density at radius 1 is 1.65 bits per heavy atom. The average molecular weight is 237 g/mol. The number of anilines is 2. The molecule has 7 heteroatoms. The first-order valence-corrected chi connectivity index (χ1v) is 5.14. The Balaban J connectivity index is 2.91. The number of hydrogen-bond acceptors (Lipinski definition) is 6. The molecule has 92 valence electrons. The molecule has 0 aliphatic rings. The number of nitrogens with zero attached hydrogens (tertiary/aromatic N) is 3. The SMILES string of the molecule is COCCN(CCC#N)c1nc[nH]c(=O)c1N. The summed E-state index contributed by atoms with van der Waals surface area (Å²) in [6, 6.07) is 2.04. The lowest BCUT2D eigenvalue weighted by Crippen LogP contribution is -2.31. The number of nitrogens with one attached hydrogen (secondary N) is 1. The number of aromatic amines is 1. The molecule has 0 spiro atoms. The molecule has 0 saturated heterocycles. The van der Waals surface area contributed by atoms with E-state index in [4.69, 9.17) is 15.7 Å². The lowest BCUT2D eigenvalue weighted by Gasteiger charge is -2.22. The third-order valence-corrected chi connectivity index (χ3v) is 2.23. The molecule has 0 aliphatic carbocycles. The Morgan fingerprint density at radius 3 is 3.06 bits per heavy atom. The molecule has 1 rings (SSSR count). The van der Waals surface area contributed by atoms with Crippen LogP contribution in [0.5, 0.6) is 0 Å². The van der Waals surface area contributed by atoms with Crippen molar-refractivity contribution in [1.82, 2.24) is 9.97 Å². The van der Waals surface area contributed by atoms with Gasteiger partial charge in [0.25, 0.3) is 5.56 Å². The van der Waals surface area contributed by atoms with E-state index in [9.17, 15) is 4.79 Å². The topological polar surface area (TPSA) is 108 Å². The number of H-pyrrole nitrogens is 1. The normalized spacial score (nSPS) is 9.88. The average Bonchev–Trinajstić information content (AvgIpc) is 2.34. The van der Waals surface area contributed by atoms with Gasteiger partial charge in [-0.1, -0.05) is 0 Å². The zero-order chi connectivity index (χ0) is 12.7. The molecule has 1 heterocycles. The van der Waals surface area contributed by atoms with Crippen molar-refractivity contribution in [3.63, 3.8) is 0 Å². The van der Waals surface area contributed by atoms with Gasteiger partial charge in [0.2, 0.25) is 0 Å². The van der Waals surface area contributed by atoms with E-state index in [1.165, 1.54) is 6.33 Å². The number of methoxy groups -OCH3 is 1. The van der Waals surface area contributed by atoms with E-state index in [1.54, 1.807) is 12.0 Å². The number of nitrogen functional groups attached to an aromatic ring is 1. The van der Waals surface area contributed by atoms with Gasteiger partial charge in [0.15, 0.2) is 5.82 Å². The number of ether oxygens (including phenoxy) is 1. The fraction of sp³-hybridized carbons (Fsp3) is 0.500. The molecule has 17 heavy (non-hydrogen) atoms. The second-order valence-corrected chi connectivity index (χ2v) is 3.36. The van der Waals surface area contributed by atoms with Crippen LogP contribution in [0.4, 0.5) is 11.5 Å². The van der Waals surface area contributed by atoms with Crippen LogP contribution in [0.15, 0.2) is 11.1 Å². The van der Waals surface area contributed by atoms with Crippen LogP contribution in [-0.4, -0.2) is 36.8 Å². The summed E-state index contributed by atoms with van der Waals surface area (Å²) in [6.07, 6.45) is 1.62. The van der Waals surface area contributed by atoms with Crippen LogP contribution in [0.3, 0.4) is 0 Å². The number of hydrogen-bond donors (Lipinski definition) is 2. The lowest BCUT2D eigenvalue weighted by atomic mass is 10.3. The minimum Gasteiger partial charge on any atom is -0.391 e. The van der Waals surface area contributed by atoms with Gasteiger partial charge in [-0.2, -0.15) is 5.26 Å². The highest BCUT2D eigenvalue weighted by molar-refractivity contribution is 5.60. The second kappa shape index (κ2) is 6.50. The van der Waals surface area contributed by atoms with E-state index >= 15 is 0 Å². The Hall–Kier alpha value is -2.07. The minimum absolute atomic E-state index is 0.0570. The van der Waals surface area contributed by atoms with Crippen LogP contribution in [0.1, 0.15) is 6.42 Å². The quantitative estimate of drug-likeness (QED) is 0.704. The van der Waals surface area contributed by atoms with Gasteiger partial charge in [0.1, 0.15) is 5.69 Å². The maximum Gasteiger partial charge on any atom is 0.276 e. The summed E-state index contributed by atoms with van der Waals surface area (Å²) in [5.41, 5.74) is 5.33. The van der Waals surface area contributed by atoms with Crippen molar-refractivity contribution < 1.29 is 4.74 Å². The summed E-state index contributed by atoms with van der Waals surface area (Å²) in [7, 11) is 1.58. The molecular formula is C10H15N5O2. The predicted octanol–water partition coefficient (Wildman–Crippen LogP) is -0.281. The highest BCUT2D eigenvalue weighted by Crippen LogP contribution is 2.14. The Bertz CT molecular complexity index is 451. The number of aromatic nitrogens is 2. The van der Waals surface area contributed by atoms with Crippen molar-refractivity contribution in [3.8, 4) is 6.07 Å². The van der Waals surface area contributed by atoms with Crippen LogP contribution >= 0.6 is 0 Å². The van der Waals surface area contributed by atoms with Gasteiger partial charge in [0, 0.05) is 20.2 Å². The molecule has 0 amide bonds. The monoisotopic (exact) mass is 237 g/mol.